The molecule has 0 saturated heterocycles. The van der Waals surface area contributed by atoms with Crippen LogP contribution in [0.5, 0.6) is 0 Å². The van der Waals surface area contributed by atoms with Gasteiger partial charge in [-0.05, 0) is 12.8 Å². The van der Waals surface area contributed by atoms with E-state index in [-0.39, 0.29) is 5.41 Å². The molecule has 0 spiro atoms. The van der Waals surface area contributed by atoms with E-state index < -0.39 is 0 Å². The molecular weight excluding hydrogens is 246 g/mol. The molecule has 0 N–H and O–H groups in total. The first-order chi connectivity index (χ1) is 6.13. The minimum atomic E-state index is 0.184. The quantitative estimate of drug-likeness (QED) is 0.755. The lowest BCUT2D eigenvalue weighted by molar-refractivity contribution is 0.586. The second-order valence-electron chi connectivity index (χ2n) is 4.36. The zero-order valence-electron chi connectivity index (χ0n) is 8.01. The number of nitrogens with zero attached hydrogens (tertiary/aromatic N) is 1. The lowest BCUT2D eigenvalue weighted by Crippen LogP contribution is -2.19. The summed E-state index contributed by atoms with van der Waals surface area (Å²) in [6, 6.07) is 0. The number of halogens is 1. The first-order valence-corrected chi connectivity index (χ1v) is 6.65. The van der Waals surface area contributed by atoms with E-state index in [2.05, 4.69) is 35.2 Å². The lowest BCUT2D eigenvalue weighted by atomic mass is 9.93. The molecule has 1 aliphatic carbocycles. The van der Waals surface area contributed by atoms with Gasteiger partial charge in [-0.15, -0.1) is 11.3 Å². The van der Waals surface area contributed by atoms with Crippen LogP contribution in [0.25, 0.3) is 0 Å². The minimum Gasteiger partial charge on any atom is -0.245 e. The van der Waals surface area contributed by atoms with Crippen molar-refractivity contribution >= 4 is 27.3 Å². The van der Waals surface area contributed by atoms with Gasteiger partial charge in [0.15, 0.2) is 0 Å². The summed E-state index contributed by atoms with van der Waals surface area (Å²) in [6.07, 6.45) is 2.70. The largest absolute Gasteiger partial charge is 0.245 e. The van der Waals surface area contributed by atoms with Crippen molar-refractivity contribution in [1.82, 2.24) is 4.98 Å². The van der Waals surface area contributed by atoms with Crippen molar-refractivity contribution in [3.05, 3.63) is 16.1 Å². The number of alkyl halides is 1. The third-order valence-corrected chi connectivity index (χ3v) is 4.89. The molecule has 1 aliphatic rings. The van der Waals surface area contributed by atoms with Gasteiger partial charge in [-0.1, -0.05) is 29.8 Å². The SMILES string of the molecule is CC(C)(CBr)c1csc(C2CC2)n1. The third kappa shape index (κ3) is 1.96. The predicted molar refractivity (Wildman–Crippen MR) is 60.9 cm³/mol. The van der Waals surface area contributed by atoms with Gasteiger partial charge >= 0.3 is 0 Å². The Labute approximate surface area is 91.7 Å². The molecule has 0 radical (unpaired) electrons. The van der Waals surface area contributed by atoms with Crippen LogP contribution >= 0.6 is 27.3 Å². The van der Waals surface area contributed by atoms with Crippen LogP contribution in [0.4, 0.5) is 0 Å². The van der Waals surface area contributed by atoms with Gasteiger partial charge in [-0.2, -0.15) is 0 Å². The van der Waals surface area contributed by atoms with Gasteiger partial charge in [0.2, 0.25) is 0 Å². The van der Waals surface area contributed by atoms with Crippen LogP contribution < -0.4 is 0 Å². The van der Waals surface area contributed by atoms with Gasteiger partial charge in [0.1, 0.15) is 0 Å². The molecule has 13 heavy (non-hydrogen) atoms. The van der Waals surface area contributed by atoms with Crippen LogP contribution in [0.15, 0.2) is 5.38 Å². The van der Waals surface area contributed by atoms with Crippen LogP contribution in [0, 0.1) is 0 Å². The van der Waals surface area contributed by atoms with Gasteiger partial charge in [-0.3, -0.25) is 0 Å². The van der Waals surface area contributed by atoms with E-state index in [0.29, 0.717) is 0 Å². The summed E-state index contributed by atoms with van der Waals surface area (Å²) in [4.78, 5) is 4.70. The minimum absolute atomic E-state index is 0.184. The van der Waals surface area contributed by atoms with E-state index in [1.165, 1.54) is 23.5 Å². The maximum absolute atomic E-state index is 4.70. The fraction of sp³-hybridized carbons (Fsp3) is 0.700. The molecule has 0 atom stereocenters. The topological polar surface area (TPSA) is 12.9 Å². The summed E-state index contributed by atoms with van der Waals surface area (Å²) in [5.41, 5.74) is 1.43. The first-order valence-electron chi connectivity index (χ1n) is 4.65. The first kappa shape index (κ1) is 9.66. The number of hydrogen-bond acceptors (Lipinski definition) is 2. The third-order valence-electron chi connectivity index (χ3n) is 2.48. The fourth-order valence-electron chi connectivity index (χ4n) is 1.18. The highest BCUT2D eigenvalue weighted by Gasteiger charge is 2.29. The van der Waals surface area contributed by atoms with Crippen molar-refractivity contribution in [3.63, 3.8) is 0 Å². The molecule has 1 aromatic rings. The van der Waals surface area contributed by atoms with Gasteiger partial charge in [0, 0.05) is 22.0 Å². The monoisotopic (exact) mass is 259 g/mol. The van der Waals surface area contributed by atoms with Crippen molar-refractivity contribution in [2.75, 3.05) is 5.33 Å². The van der Waals surface area contributed by atoms with Gasteiger partial charge in [-0.25, -0.2) is 4.98 Å². The van der Waals surface area contributed by atoms with Crippen molar-refractivity contribution < 1.29 is 0 Å². The Morgan fingerprint density at radius 2 is 2.31 bits per heavy atom. The second-order valence-corrected chi connectivity index (χ2v) is 5.81. The predicted octanol–water partition coefficient (Wildman–Crippen LogP) is 3.69. The van der Waals surface area contributed by atoms with Crippen molar-refractivity contribution in [2.24, 2.45) is 0 Å². The molecule has 1 heterocycles. The standard InChI is InChI=1S/C10H14BrNS/c1-10(2,6-11)8-5-13-9(12-8)7-3-4-7/h5,7H,3-4,6H2,1-2H3. The van der Waals surface area contributed by atoms with Crippen LogP contribution in [-0.4, -0.2) is 10.3 Å². The molecule has 0 amide bonds. The Balaban J connectivity index is 2.20. The molecule has 2 rings (SSSR count). The Hall–Kier alpha value is 0.110. The summed E-state index contributed by atoms with van der Waals surface area (Å²) >= 11 is 5.36. The normalized spacial score (nSPS) is 17.8. The zero-order chi connectivity index (χ0) is 9.47. The van der Waals surface area contributed by atoms with Crippen LogP contribution in [0.3, 0.4) is 0 Å². The highest BCUT2D eigenvalue weighted by molar-refractivity contribution is 9.09. The van der Waals surface area contributed by atoms with Crippen molar-refractivity contribution in [1.29, 1.82) is 0 Å². The fourth-order valence-corrected chi connectivity index (χ4v) is 2.66. The highest BCUT2D eigenvalue weighted by Crippen LogP contribution is 2.42. The van der Waals surface area contributed by atoms with Crippen molar-refractivity contribution in [2.45, 2.75) is 38.0 Å². The van der Waals surface area contributed by atoms with E-state index in [1.807, 2.05) is 11.3 Å². The van der Waals surface area contributed by atoms with E-state index in [9.17, 15) is 0 Å². The van der Waals surface area contributed by atoms with Gasteiger partial charge in [0.05, 0.1) is 10.7 Å². The lowest BCUT2D eigenvalue weighted by Gasteiger charge is -2.18. The van der Waals surface area contributed by atoms with Crippen LogP contribution in [-0.2, 0) is 5.41 Å². The Bertz CT molecular complexity index is 302. The van der Waals surface area contributed by atoms with E-state index in [1.54, 1.807) is 0 Å². The van der Waals surface area contributed by atoms with Crippen LogP contribution in [0.2, 0.25) is 0 Å². The maximum atomic E-state index is 4.70. The number of hydrogen-bond donors (Lipinski definition) is 0. The van der Waals surface area contributed by atoms with E-state index in [0.717, 1.165) is 11.2 Å². The Kier molecular flexibility index (Phi) is 2.49. The van der Waals surface area contributed by atoms with E-state index in [4.69, 9.17) is 4.98 Å². The van der Waals surface area contributed by atoms with Crippen molar-refractivity contribution in [3.8, 4) is 0 Å². The molecule has 72 valence electrons. The molecule has 0 unspecified atom stereocenters. The molecular formula is C10H14BrNS. The molecule has 3 heteroatoms. The molecule has 1 fully saturated rings. The second kappa shape index (κ2) is 3.35. The van der Waals surface area contributed by atoms with Gasteiger partial charge < -0.3 is 0 Å². The molecule has 0 aromatic carbocycles. The summed E-state index contributed by atoms with van der Waals surface area (Å²) in [7, 11) is 0. The number of thiazole rings is 1. The van der Waals surface area contributed by atoms with Gasteiger partial charge in [0.25, 0.3) is 0 Å². The van der Waals surface area contributed by atoms with Crippen LogP contribution in [0.1, 0.15) is 43.3 Å². The Morgan fingerprint density at radius 3 is 2.85 bits per heavy atom. The molecule has 0 bridgehead atoms. The smallest absolute Gasteiger partial charge is 0.0959 e. The average Bonchev–Trinajstić information content (AvgIpc) is 2.83. The zero-order valence-corrected chi connectivity index (χ0v) is 10.4. The summed E-state index contributed by atoms with van der Waals surface area (Å²) in [5.74, 6) is 0.796. The summed E-state index contributed by atoms with van der Waals surface area (Å²) in [5, 5.41) is 4.55. The maximum Gasteiger partial charge on any atom is 0.0959 e. The molecule has 1 nitrogen and oxygen atoms in total. The highest BCUT2D eigenvalue weighted by atomic mass is 79.9. The summed E-state index contributed by atoms with van der Waals surface area (Å²) in [6.45, 7) is 4.46. The Morgan fingerprint density at radius 1 is 1.62 bits per heavy atom. The molecule has 0 aliphatic heterocycles. The average molecular weight is 260 g/mol. The molecule has 1 saturated carbocycles. The number of rotatable bonds is 3. The summed E-state index contributed by atoms with van der Waals surface area (Å²) < 4.78 is 0. The number of aromatic nitrogens is 1. The molecule has 1 aromatic heterocycles. The van der Waals surface area contributed by atoms with E-state index >= 15 is 0 Å².